The molecule has 0 N–H and O–H groups in total. The summed E-state index contributed by atoms with van der Waals surface area (Å²) in [6.45, 7) is 8.12. The highest BCUT2D eigenvalue weighted by atomic mass is 32.1. The molecule has 35 heavy (non-hydrogen) atoms. The summed E-state index contributed by atoms with van der Waals surface area (Å²) in [5.74, 6) is -0.390. The zero-order valence-corrected chi connectivity index (χ0v) is 21.4. The lowest BCUT2D eigenvalue weighted by Gasteiger charge is -2.13. The number of nitrogens with zero attached hydrogens (tertiary/aromatic N) is 3. The van der Waals surface area contributed by atoms with Crippen molar-refractivity contribution in [3.05, 3.63) is 74.9 Å². The Morgan fingerprint density at radius 3 is 2.63 bits per heavy atom. The second-order valence-corrected chi connectivity index (χ2v) is 10.1. The Balaban J connectivity index is 1.57. The van der Waals surface area contributed by atoms with Gasteiger partial charge in [-0.2, -0.15) is 10.1 Å². The first kappa shape index (κ1) is 23.3. The molecule has 180 valence electrons. The summed E-state index contributed by atoms with van der Waals surface area (Å²) in [6, 6.07) is 11.5. The fourth-order valence-corrected chi connectivity index (χ4v) is 6.44. The summed E-state index contributed by atoms with van der Waals surface area (Å²) in [5.41, 5.74) is 6.79. The number of amides is 1. The molecule has 0 radical (unpaired) electrons. The number of ether oxygens (including phenoxy) is 1. The molecule has 0 atom stereocenters. The van der Waals surface area contributed by atoms with Crippen molar-refractivity contribution in [2.24, 2.45) is 5.10 Å². The number of para-hydroxylation sites is 1. The van der Waals surface area contributed by atoms with Crippen molar-refractivity contribution in [3.63, 3.8) is 0 Å². The number of benzene rings is 1. The molecule has 0 fully saturated rings. The van der Waals surface area contributed by atoms with Gasteiger partial charge in [-0.25, -0.2) is 4.79 Å². The van der Waals surface area contributed by atoms with Gasteiger partial charge >= 0.3 is 5.97 Å². The summed E-state index contributed by atoms with van der Waals surface area (Å²) in [7, 11) is 0. The average molecular weight is 488 g/mol. The van der Waals surface area contributed by atoms with Crippen LogP contribution in [0.2, 0.25) is 0 Å². The molecule has 0 unspecified atom stereocenters. The lowest BCUT2D eigenvalue weighted by atomic mass is 9.95. The Bertz CT molecular complexity index is 1380. The van der Waals surface area contributed by atoms with Crippen molar-refractivity contribution in [1.82, 2.24) is 4.57 Å². The van der Waals surface area contributed by atoms with Crippen LogP contribution in [0.25, 0.3) is 11.1 Å². The molecular weight excluding hydrogens is 458 g/mol. The number of rotatable bonds is 5. The molecule has 0 bridgehead atoms. The molecule has 2 aliphatic rings. The standard InChI is InChI=1S/C28H29N3O3S/c1-5-34-28(33)25-22-13-9-10-14-24(22)35-27(25)30-17(2)15-20(19(30)4)16-23-18(3)29-31(26(23)32)21-11-7-6-8-12-21/h6-8,11-12,15-16H,5,9-10,13-14H2,1-4H3/b23-16-. The van der Waals surface area contributed by atoms with Crippen LogP contribution in [-0.2, 0) is 22.4 Å². The average Bonchev–Trinajstić information content (AvgIpc) is 3.46. The van der Waals surface area contributed by atoms with Gasteiger partial charge in [-0.15, -0.1) is 11.3 Å². The van der Waals surface area contributed by atoms with E-state index in [9.17, 15) is 9.59 Å². The van der Waals surface area contributed by atoms with E-state index < -0.39 is 0 Å². The van der Waals surface area contributed by atoms with Crippen LogP contribution >= 0.6 is 11.3 Å². The summed E-state index contributed by atoms with van der Waals surface area (Å²) in [5, 5.41) is 6.87. The number of carbonyl (C=O) groups is 2. The molecule has 6 nitrogen and oxygen atoms in total. The highest BCUT2D eigenvalue weighted by Gasteiger charge is 2.31. The highest BCUT2D eigenvalue weighted by molar-refractivity contribution is 7.15. The van der Waals surface area contributed by atoms with Gasteiger partial charge in [0.05, 0.1) is 29.1 Å². The summed E-state index contributed by atoms with van der Waals surface area (Å²) in [6.07, 6.45) is 6.07. The number of anilines is 1. The van der Waals surface area contributed by atoms with Crippen LogP contribution in [0.4, 0.5) is 5.69 Å². The largest absolute Gasteiger partial charge is 0.462 e. The number of hydrogen-bond donors (Lipinski definition) is 0. The van der Waals surface area contributed by atoms with Gasteiger partial charge in [0.15, 0.2) is 0 Å². The lowest BCUT2D eigenvalue weighted by molar-refractivity contribution is -0.114. The van der Waals surface area contributed by atoms with E-state index in [4.69, 9.17) is 4.74 Å². The third-order valence-corrected chi connectivity index (χ3v) is 7.95. The first-order valence-electron chi connectivity index (χ1n) is 12.1. The van der Waals surface area contributed by atoms with Crippen LogP contribution in [-0.4, -0.2) is 28.8 Å². The number of aromatic nitrogens is 1. The Morgan fingerprint density at radius 1 is 1.14 bits per heavy atom. The maximum absolute atomic E-state index is 13.2. The maximum Gasteiger partial charge on any atom is 0.341 e. The number of hydrogen-bond acceptors (Lipinski definition) is 5. The molecule has 3 aromatic rings. The lowest BCUT2D eigenvalue weighted by Crippen LogP contribution is -2.21. The SMILES string of the molecule is CCOC(=O)c1c(-n2c(C)cc(/C=C3\C(=O)N(c4ccccc4)N=C3C)c2C)sc2c1CCCC2. The summed E-state index contributed by atoms with van der Waals surface area (Å²) >= 11 is 1.69. The van der Waals surface area contributed by atoms with Crippen molar-refractivity contribution in [2.45, 2.75) is 53.4 Å². The Hall–Kier alpha value is -3.45. The van der Waals surface area contributed by atoms with E-state index in [2.05, 4.69) is 15.7 Å². The van der Waals surface area contributed by atoms with E-state index in [1.165, 1.54) is 9.89 Å². The fraction of sp³-hybridized carbons (Fsp3) is 0.321. The van der Waals surface area contributed by atoms with E-state index >= 15 is 0 Å². The van der Waals surface area contributed by atoms with Crippen LogP contribution in [0.5, 0.6) is 0 Å². The molecule has 1 aromatic carbocycles. The van der Waals surface area contributed by atoms with E-state index in [1.54, 1.807) is 11.3 Å². The minimum absolute atomic E-state index is 0.141. The van der Waals surface area contributed by atoms with Gasteiger partial charge in [0.2, 0.25) is 0 Å². The number of thiophene rings is 1. The second-order valence-electron chi connectivity index (χ2n) is 8.97. The van der Waals surface area contributed by atoms with Crippen molar-refractivity contribution in [3.8, 4) is 5.00 Å². The molecule has 2 aromatic heterocycles. The van der Waals surface area contributed by atoms with Crippen LogP contribution in [0.3, 0.4) is 0 Å². The maximum atomic E-state index is 13.2. The van der Waals surface area contributed by atoms with Gasteiger partial charge in [0, 0.05) is 16.3 Å². The van der Waals surface area contributed by atoms with Gasteiger partial charge in [-0.05, 0) is 88.8 Å². The molecular formula is C28H29N3O3S. The number of carbonyl (C=O) groups excluding carboxylic acids is 2. The molecule has 3 heterocycles. The molecule has 1 aliphatic carbocycles. The first-order chi connectivity index (χ1) is 16.9. The molecule has 1 aliphatic heterocycles. The Labute approximate surface area is 209 Å². The van der Waals surface area contributed by atoms with E-state index in [1.807, 2.05) is 64.1 Å². The van der Waals surface area contributed by atoms with Gasteiger partial charge in [0.1, 0.15) is 5.00 Å². The normalized spacial score (nSPS) is 16.6. The van der Waals surface area contributed by atoms with Crippen molar-refractivity contribution >= 4 is 40.7 Å². The minimum atomic E-state index is -0.248. The molecule has 1 amide bonds. The van der Waals surface area contributed by atoms with E-state index in [0.717, 1.165) is 58.9 Å². The highest BCUT2D eigenvalue weighted by Crippen LogP contribution is 2.39. The summed E-state index contributed by atoms with van der Waals surface area (Å²) in [4.78, 5) is 27.5. The monoisotopic (exact) mass is 487 g/mol. The first-order valence-corrected chi connectivity index (χ1v) is 12.9. The number of hydrazone groups is 1. The van der Waals surface area contributed by atoms with Crippen molar-refractivity contribution < 1.29 is 14.3 Å². The summed E-state index contributed by atoms with van der Waals surface area (Å²) < 4.78 is 7.61. The third kappa shape index (κ3) is 4.04. The van der Waals surface area contributed by atoms with E-state index in [0.29, 0.717) is 23.5 Å². The zero-order chi connectivity index (χ0) is 24.7. The Kier molecular flexibility index (Phi) is 6.19. The second kappa shape index (κ2) is 9.30. The molecule has 0 spiro atoms. The topological polar surface area (TPSA) is 63.9 Å². The predicted molar refractivity (Wildman–Crippen MR) is 141 cm³/mol. The van der Waals surface area contributed by atoms with Gasteiger partial charge in [-0.3, -0.25) is 4.79 Å². The van der Waals surface area contributed by atoms with Crippen LogP contribution in [0.1, 0.15) is 64.4 Å². The number of esters is 1. The van der Waals surface area contributed by atoms with Crippen molar-refractivity contribution in [2.75, 3.05) is 11.6 Å². The van der Waals surface area contributed by atoms with Crippen LogP contribution in [0, 0.1) is 13.8 Å². The molecule has 7 heteroatoms. The molecule has 0 saturated carbocycles. The Morgan fingerprint density at radius 2 is 1.89 bits per heavy atom. The van der Waals surface area contributed by atoms with Crippen molar-refractivity contribution in [1.29, 1.82) is 0 Å². The zero-order valence-electron chi connectivity index (χ0n) is 20.6. The predicted octanol–water partition coefficient (Wildman–Crippen LogP) is 6.02. The smallest absolute Gasteiger partial charge is 0.341 e. The molecule has 5 rings (SSSR count). The quantitative estimate of drug-likeness (QED) is 0.327. The molecule has 0 saturated heterocycles. The third-order valence-electron chi connectivity index (χ3n) is 6.67. The van der Waals surface area contributed by atoms with Gasteiger partial charge in [-0.1, -0.05) is 18.2 Å². The van der Waals surface area contributed by atoms with Gasteiger partial charge < -0.3 is 9.30 Å². The van der Waals surface area contributed by atoms with Crippen LogP contribution in [0.15, 0.2) is 47.1 Å². The number of fused-ring (bicyclic) bond motifs is 1. The van der Waals surface area contributed by atoms with Gasteiger partial charge in [0.25, 0.3) is 5.91 Å². The minimum Gasteiger partial charge on any atom is -0.462 e. The van der Waals surface area contributed by atoms with E-state index in [-0.39, 0.29) is 11.9 Å². The van der Waals surface area contributed by atoms with Crippen LogP contribution < -0.4 is 5.01 Å². The number of aryl methyl sites for hydroxylation is 2. The fourth-order valence-electron chi connectivity index (χ4n) is 4.95.